The van der Waals surface area contributed by atoms with Gasteiger partial charge in [0.05, 0.1) is 0 Å². The van der Waals surface area contributed by atoms with Gasteiger partial charge in [-0.25, -0.2) is 4.79 Å². The van der Waals surface area contributed by atoms with E-state index in [2.05, 4.69) is 16.0 Å². The van der Waals surface area contributed by atoms with Crippen LogP contribution in [0.15, 0.2) is 24.3 Å². The van der Waals surface area contributed by atoms with E-state index < -0.39 is 0 Å². The molecule has 92 valence electrons. The average molecular weight is 256 g/mol. The second kappa shape index (κ2) is 6.75. The Morgan fingerprint density at radius 2 is 1.88 bits per heavy atom. The maximum absolute atomic E-state index is 11.3. The molecular weight excluding hydrogens is 242 g/mol. The Labute approximate surface area is 105 Å². The van der Waals surface area contributed by atoms with Crippen molar-refractivity contribution < 1.29 is 9.59 Å². The third-order valence-corrected chi connectivity index (χ3v) is 2.01. The van der Waals surface area contributed by atoms with Crippen LogP contribution >= 0.6 is 11.6 Å². The monoisotopic (exact) mass is 255 g/mol. The maximum Gasteiger partial charge on any atom is 0.319 e. The van der Waals surface area contributed by atoms with Gasteiger partial charge in [-0.3, -0.25) is 4.79 Å². The number of anilines is 2. The fourth-order valence-corrected chi connectivity index (χ4v) is 1.31. The van der Waals surface area contributed by atoms with Crippen molar-refractivity contribution in [1.82, 2.24) is 5.32 Å². The molecule has 0 fully saturated rings. The summed E-state index contributed by atoms with van der Waals surface area (Å²) in [4.78, 5) is 22.2. The molecule has 0 aliphatic rings. The van der Waals surface area contributed by atoms with Crippen LogP contribution in [0.1, 0.15) is 6.92 Å². The van der Waals surface area contributed by atoms with Gasteiger partial charge in [0.1, 0.15) is 0 Å². The number of halogens is 1. The Balaban J connectivity index is 2.59. The summed E-state index contributed by atoms with van der Waals surface area (Å²) in [5.41, 5.74) is 1.23. The van der Waals surface area contributed by atoms with Crippen molar-refractivity contribution in [2.75, 3.05) is 23.1 Å². The summed E-state index contributed by atoms with van der Waals surface area (Å²) in [7, 11) is 0. The van der Waals surface area contributed by atoms with E-state index in [1.165, 1.54) is 6.92 Å². The molecule has 17 heavy (non-hydrogen) atoms. The number of carbonyl (C=O) groups is 2. The van der Waals surface area contributed by atoms with Crippen LogP contribution in [0.3, 0.4) is 0 Å². The molecule has 1 aromatic carbocycles. The molecule has 0 spiro atoms. The van der Waals surface area contributed by atoms with Crippen molar-refractivity contribution in [3.8, 4) is 0 Å². The van der Waals surface area contributed by atoms with Crippen LogP contribution in [0.2, 0.25) is 0 Å². The number of hydrogen-bond acceptors (Lipinski definition) is 2. The van der Waals surface area contributed by atoms with Gasteiger partial charge in [0, 0.05) is 30.7 Å². The summed E-state index contributed by atoms with van der Waals surface area (Å²) in [6.07, 6.45) is 0. The summed E-state index contributed by atoms with van der Waals surface area (Å²) in [6, 6.07) is 6.55. The highest BCUT2D eigenvalue weighted by Gasteiger charge is 2.02. The molecule has 0 atom stereocenters. The predicted octanol–water partition coefficient (Wildman–Crippen LogP) is 2.01. The molecule has 0 unspecified atom stereocenters. The molecule has 0 bridgehead atoms. The zero-order valence-corrected chi connectivity index (χ0v) is 10.2. The standard InChI is InChI=1S/C11H14ClN3O2/c1-8(16)14-9-3-2-4-10(7-9)15-11(17)13-6-5-12/h2-4,7H,5-6H2,1H3,(H,14,16)(H2,13,15,17). The van der Waals surface area contributed by atoms with Crippen molar-refractivity contribution in [3.63, 3.8) is 0 Å². The summed E-state index contributed by atoms with van der Waals surface area (Å²) in [6.45, 7) is 1.83. The molecule has 0 aliphatic heterocycles. The normalized spacial score (nSPS) is 9.53. The van der Waals surface area contributed by atoms with Crippen LogP contribution < -0.4 is 16.0 Å². The van der Waals surface area contributed by atoms with Gasteiger partial charge in [-0.15, -0.1) is 11.6 Å². The Hall–Kier alpha value is -1.75. The molecule has 1 rings (SSSR count). The highest BCUT2D eigenvalue weighted by molar-refractivity contribution is 6.18. The van der Waals surface area contributed by atoms with E-state index in [-0.39, 0.29) is 11.9 Å². The van der Waals surface area contributed by atoms with E-state index in [1.807, 2.05) is 0 Å². The molecule has 0 saturated carbocycles. The lowest BCUT2D eigenvalue weighted by Gasteiger charge is -2.08. The van der Waals surface area contributed by atoms with Gasteiger partial charge < -0.3 is 16.0 Å². The second-order valence-electron chi connectivity index (χ2n) is 3.33. The number of rotatable bonds is 4. The summed E-state index contributed by atoms with van der Waals surface area (Å²) in [5.74, 6) is 0.202. The first-order chi connectivity index (χ1) is 8.11. The van der Waals surface area contributed by atoms with Gasteiger partial charge in [-0.05, 0) is 18.2 Å². The van der Waals surface area contributed by atoms with Crippen molar-refractivity contribution in [2.45, 2.75) is 6.92 Å². The number of benzene rings is 1. The first-order valence-corrected chi connectivity index (χ1v) is 5.63. The average Bonchev–Trinajstić information content (AvgIpc) is 2.26. The highest BCUT2D eigenvalue weighted by Crippen LogP contribution is 2.14. The minimum Gasteiger partial charge on any atom is -0.337 e. The number of hydrogen-bond donors (Lipinski definition) is 3. The van der Waals surface area contributed by atoms with E-state index in [4.69, 9.17) is 11.6 Å². The second-order valence-corrected chi connectivity index (χ2v) is 3.71. The largest absolute Gasteiger partial charge is 0.337 e. The van der Waals surface area contributed by atoms with E-state index in [0.717, 1.165) is 0 Å². The van der Waals surface area contributed by atoms with Crippen LogP contribution in [0, 0.1) is 0 Å². The van der Waals surface area contributed by atoms with Crippen LogP contribution in [0.5, 0.6) is 0 Å². The van der Waals surface area contributed by atoms with Gasteiger partial charge >= 0.3 is 6.03 Å². The highest BCUT2D eigenvalue weighted by atomic mass is 35.5. The quantitative estimate of drug-likeness (QED) is 0.721. The zero-order valence-electron chi connectivity index (χ0n) is 9.42. The maximum atomic E-state index is 11.3. The van der Waals surface area contributed by atoms with Gasteiger partial charge in [0.25, 0.3) is 0 Å². The van der Waals surface area contributed by atoms with E-state index in [0.29, 0.717) is 23.8 Å². The first-order valence-electron chi connectivity index (χ1n) is 5.10. The van der Waals surface area contributed by atoms with Crippen molar-refractivity contribution in [1.29, 1.82) is 0 Å². The lowest BCUT2D eigenvalue weighted by Crippen LogP contribution is -2.30. The minimum atomic E-state index is -0.328. The van der Waals surface area contributed by atoms with E-state index >= 15 is 0 Å². The Bertz CT molecular complexity index is 409. The Morgan fingerprint density at radius 1 is 1.24 bits per heavy atom. The molecule has 5 nitrogen and oxygen atoms in total. The smallest absolute Gasteiger partial charge is 0.319 e. The summed E-state index contributed by atoms with van der Waals surface area (Å²) >= 11 is 5.44. The molecule has 0 aliphatic carbocycles. The molecule has 0 heterocycles. The predicted molar refractivity (Wildman–Crippen MR) is 68.5 cm³/mol. The van der Waals surface area contributed by atoms with Gasteiger partial charge in [-0.1, -0.05) is 6.07 Å². The molecule has 0 radical (unpaired) electrons. The van der Waals surface area contributed by atoms with Crippen molar-refractivity contribution >= 4 is 34.9 Å². The molecule has 1 aromatic rings. The Morgan fingerprint density at radius 3 is 2.47 bits per heavy atom. The lowest BCUT2D eigenvalue weighted by molar-refractivity contribution is -0.114. The number of carbonyl (C=O) groups excluding carboxylic acids is 2. The van der Waals surface area contributed by atoms with Gasteiger partial charge in [0.15, 0.2) is 0 Å². The third kappa shape index (κ3) is 5.21. The van der Waals surface area contributed by atoms with Crippen LogP contribution in [0.25, 0.3) is 0 Å². The third-order valence-electron chi connectivity index (χ3n) is 1.82. The van der Waals surface area contributed by atoms with Gasteiger partial charge in [-0.2, -0.15) is 0 Å². The molecule has 0 saturated heterocycles. The SMILES string of the molecule is CC(=O)Nc1cccc(NC(=O)NCCCl)c1. The molecule has 3 amide bonds. The molecule has 3 N–H and O–H groups in total. The molecule has 6 heteroatoms. The van der Waals surface area contributed by atoms with Crippen LogP contribution in [0.4, 0.5) is 16.2 Å². The topological polar surface area (TPSA) is 70.2 Å². The summed E-state index contributed by atoms with van der Waals surface area (Å²) < 4.78 is 0. The van der Waals surface area contributed by atoms with Crippen molar-refractivity contribution in [2.24, 2.45) is 0 Å². The first kappa shape index (κ1) is 13.3. The van der Waals surface area contributed by atoms with Gasteiger partial charge in [0.2, 0.25) is 5.91 Å². The number of urea groups is 1. The lowest BCUT2D eigenvalue weighted by atomic mass is 10.3. The van der Waals surface area contributed by atoms with E-state index in [1.54, 1.807) is 24.3 Å². The number of alkyl halides is 1. The summed E-state index contributed by atoms with van der Waals surface area (Å²) in [5, 5.41) is 7.83. The number of nitrogens with one attached hydrogen (secondary N) is 3. The zero-order chi connectivity index (χ0) is 12.7. The molecular formula is C11H14ClN3O2. The number of amides is 3. The minimum absolute atomic E-state index is 0.159. The molecule has 0 aromatic heterocycles. The van der Waals surface area contributed by atoms with Crippen LogP contribution in [-0.2, 0) is 4.79 Å². The van der Waals surface area contributed by atoms with E-state index in [9.17, 15) is 9.59 Å². The van der Waals surface area contributed by atoms with Crippen LogP contribution in [-0.4, -0.2) is 24.4 Å². The van der Waals surface area contributed by atoms with Crippen molar-refractivity contribution in [3.05, 3.63) is 24.3 Å². The Kier molecular flexibility index (Phi) is 5.29. The fraction of sp³-hybridized carbons (Fsp3) is 0.273. The fourth-order valence-electron chi connectivity index (χ4n) is 1.21.